The monoisotopic (exact) mass is 336 g/mol. The van der Waals surface area contributed by atoms with E-state index in [0.29, 0.717) is 4.60 Å². The number of pyridine rings is 1. The van der Waals surface area contributed by atoms with E-state index < -0.39 is 11.9 Å². The smallest absolute Gasteiger partial charge is 0.335 e. The molecule has 0 atom stereocenters. The molecule has 2 aromatic rings. The van der Waals surface area contributed by atoms with Crippen molar-refractivity contribution < 1.29 is 19.8 Å². The van der Waals surface area contributed by atoms with E-state index >= 15 is 0 Å². The lowest BCUT2D eigenvalue weighted by molar-refractivity contribution is 0.0696. The lowest BCUT2D eigenvalue weighted by Gasteiger charge is -2.07. The summed E-state index contributed by atoms with van der Waals surface area (Å²) >= 11 is 3.15. The molecule has 7 heteroatoms. The first kappa shape index (κ1) is 14.0. The molecule has 0 spiro atoms. The molecule has 0 unspecified atom stereocenters. The summed E-state index contributed by atoms with van der Waals surface area (Å²) in [6.07, 6.45) is 0. The van der Waals surface area contributed by atoms with Gasteiger partial charge in [0.25, 0.3) is 5.91 Å². The molecule has 1 aromatic heterocycles. The van der Waals surface area contributed by atoms with Crippen LogP contribution in [0.5, 0.6) is 5.75 Å². The zero-order valence-electron chi connectivity index (χ0n) is 10.0. The molecular weight excluding hydrogens is 328 g/mol. The molecule has 102 valence electrons. The highest BCUT2D eigenvalue weighted by molar-refractivity contribution is 9.10. The van der Waals surface area contributed by atoms with Gasteiger partial charge in [-0.1, -0.05) is 6.07 Å². The minimum Gasteiger partial charge on any atom is -0.506 e. The van der Waals surface area contributed by atoms with Gasteiger partial charge in [0.15, 0.2) is 0 Å². The Labute approximate surface area is 122 Å². The quantitative estimate of drug-likeness (QED) is 0.590. The van der Waals surface area contributed by atoms with Crippen LogP contribution in [0.3, 0.4) is 0 Å². The number of hydrogen-bond donors (Lipinski definition) is 3. The molecule has 0 bridgehead atoms. The molecule has 0 aliphatic heterocycles. The highest BCUT2D eigenvalue weighted by Crippen LogP contribution is 2.24. The maximum absolute atomic E-state index is 11.9. The molecule has 1 amide bonds. The summed E-state index contributed by atoms with van der Waals surface area (Å²) in [5.41, 5.74) is 0.212. The largest absolute Gasteiger partial charge is 0.506 e. The van der Waals surface area contributed by atoms with Crippen molar-refractivity contribution in [1.29, 1.82) is 0 Å². The number of phenolic OH excluding ortho intramolecular Hbond substituents is 1. The normalized spacial score (nSPS) is 10.1. The van der Waals surface area contributed by atoms with Crippen LogP contribution in [0.4, 0.5) is 5.69 Å². The van der Waals surface area contributed by atoms with E-state index in [1.165, 1.54) is 18.2 Å². The maximum atomic E-state index is 11.9. The van der Waals surface area contributed by atoms with Crippen molar-refractivity contribution in [2.45, 2.75) is 0 Å². The molecule has 2 rings (SSSR count). The van der Waals surface area contributed by atoms with Gasteiger partial charge in [0.05, 0.1) is 11.3 Å². The van der Waals surface area contributed by atoms with Crippen molar-refractivity contribution in [3.05, 3.63) is 52.3 Å². The number of phenols is 1. The first-order chi connectivity index (χ1) is 9.47. The number of aromatic hydroxyl groups is 1. The van der Waals surface area contributed by atoms with E-state index in [1.54, 1.807) is 12.1 Å². The summed E-state index contributed by atoms with van der Waals surface area (Å²) in [5, 5.41) is 20.9. The van der Waals surface area contributed by atoms with Crippen LogP contribution in [0, 0.1) is 0 Å². The number of carboxylic acids is 1. The molecule has 0 aliphatic carbocycles. The van der Waals surface area contributed by atoms with Gasteiger partial charge in [-0.05, 0) is 46.3 Å². The number of carboxylic acid groups (broad SMARTS) is 1. The number of nitrogens with zero attached hydrogens (tertiary/aromatic N) is 1. The SMILES string of the molecule is O=C(O)c1ccc(NC(=O)c2cccc(Br)n2)c(O)c1. The molecule has 6 nitrogen and oxygen atoms in total. The Kier molecular flexibility index (Phi) is 3.99. The Bertz CT molecular complexity index is 688. The molecule has 3 N–H and O–H groups in total. The Morgan fingerprint density at radius 3 is 2.55 bits per heavy atom. The topological polar surface area (TPSA) is 99.5 Å². The predicted molar refractivity (Wildman–Crippen MR) is 75.0 cm³/mol. The van der Waals surface area contributed by atoms with Crippen LogP contribution in [-0.2, 0) is 0 Å². The lowest BCUT2D eigenvalue weighted by atomic mass is 10.2. The van der Waals surface area contributed by atoms with Gasteiger partial charge in [-0.15, -0.1) is 0 Å². The van der Waals surface area contributed by atoms with E-state index in [0.717, 1.165) is 6.07 Å². The van der Waals surface area contributed by atoms with Crippen LogP contribution in [0.2, 0.25) is 0 Å². The van der Waals surface area contributed by atoms with Crippen molar-refractivity contribution in [2.75, 3.05) is 5.32 Å². The van der Waals surface area contributed by atoms with Gasteiger partial charge in [-0.2, -0.15) is 0 Å². The second kappa shape index (κ2) is 5.70. The van der Waals surface area contributed by atoms with E-state index in [1.807, 2.05) is 0 Å². The van der Waals surface area contributed by atoms with E-state index in [4.69, 9.17) is 5.11 Å². The number of anilines is 1. The van der Waals surface area contributed by atoms with Gasteiger partial charge in [-0.25, -0.2) is 9.78 Å². The van der Waals surface area contributed by atoms with Gasteiger partial charge < -0.3 is 15.5 Å². The Morgan fingerprint density at radius 1 is 1.20 bits per heavy atom. The fourth-order valence-corrected chi connectivity index (χ4v) is 1.84. The molecule has 0 saturated carbocycles. The number of carbonyl (C=O) groups excluding carboxylic acids is 1. The summed E-state index contributed by atoms with van der Waals surface area (Å²) < 4.78 is 0.510. The Balaban J connectivity index is 2.22. The predicted octanol–water partition coefficient (Wildman–Crippen LogP) is 2.50. The van der Waals surface area contributed by atoms with Gasteiger partial charge >= 0.3 is 5.97 Å². The fourth-order valence-electron chi connectivity index (χ4n) is 1.49. The summed E-state index contributed by atoms with van der Waals surface area (Å²) in [7, 11) is 0. The average Bonchev–Trinajstić information content (AvgIpc) is 2.40. The molecular formula is C13H9BrN2O4. The summed E-state index contributed by atoms with van der Waals surface area (Å²) in [5.74, 6) is -2.00. The van der Waals surface area contributed by atoms with Gasteiger partial charge in [0.1, 0.15) is 16.0 Å². The summed E-state index contributed by atoms with van der Waals surface area (Å²) in [6, 6.07) is 8.50. The number of aromatic carboxylic acids is 1. The fraction of sp³-hybridized carbons (Fsp3) is 0. The average molecular weight is 337 g/mol. The number of aromatic nitrogens is 1. The van der Waals surface area contributed by atoms with Crippen LogP contribution in [-0.4, -0.2) is 27.1 Å². The highest BCUT2D eigenvalue weighted by atomic mass is 79.9. The van der Waals surface area contributed by atoms with E-state index in [9.17, 15) is 14.7 Å². The first-order valence-corrected chi connectivity index (χ1v) is 6.27. The van der Waals surface area contributed by atoms with E-state index in [2.05, 4.69) is 26.2 Å². The van der Waals surface area contributed by atoms with Gasteiger partial charge in [-0.3, -0.25) is 4.79 Å². The lowest BCUT2D eigenvalue weighted by Crippen LogP contribution is -2.14. The molecule has 1 aromatic carbocycles. The number of nitrogens with one attached hydrogen (secondary N) is 1. The molecule has 0 radical (unpaired) electrons. The van der Waals surface area contributed by atoms with Gasteiger partial charge in [0, 0.05) is 0 Å². The third kappa shape index (κ3) is 3.12. The highest BCUT2D eigenvalue weighted by Gasteiger charge is 2.12. The minimum absolute atomic E-state index is 0.0684. The number of carbonyl (C=O) groups is 2. The number of rotatable bonds is 3. The standard InChI is InChI=1S/C13H9BrN2O4/c14-11-3-1-2-9(15-11)12(18)16-8-5-4-7(13(19)20)6-10(8)17/h1-6,17H,(H,16,18)(H,19,20). The third-order valence-corrected chi connectivity index (χ3v) is 2.88. The number of benzene rings is 1. The summed E-state index contributed by atoms with van der Waals surface area (Å²) in [4.78, 5) is 26.6. The minimum atomic E-state index is -1.16. The van der Waals surface area contributed by atoms with E-state index in [-0.39, 0.29) is 22.7 Å². The molecule has 1 heterocycles. The van der Waals surface area contributed by atoms with Crippen LogP contribution in [0.1, 0.15) is 20.8 Å². The molecule has 0 saturated heterocycles. The second-order valence-electron chi connectivity index (χ2n) is 3.84. The van der Waals surface area contributed by atoms with Crippen LogP contribution in [0.25, 0.3) is 0 Å². The van der Waals surface area contributed by atoms with Crippen molar-refractivity contribution in [3.63, 3.8) is 0 Å². The van der Waals surface area contributed by atoms with Crippen LogP contribution in [0.15, 0.2) is 41.0 Å². The van der Waals surface area contributed by atoms with Crippen LogP contribution >= 0.6 is 15.9 Å². The maximum Gasteiger partial charge on any atom is 0.335 e. The Hall–Kier alpha value is -2.41. The zero-order chi connectivity index (χ0) is 14.7. The Morgan fingerprint density at radius 2 is 1.95 bits per heavy atom. The number of hydrogen-bond acceptors (Lipinski definition) is 4. The number of halogens is 1. The zero-order valence-corrected chi connectivity index (χ0v) is 11.6. The van der Waals surface area contributed by atoms with Crippen molar-refractivity contribution in [2.24, 2.45) is 0 Å². The van der Waals surface area contributed by atoms with Gasteiger partial charge in [0.2, 0.25) is 0 Å². The van der Waals surface area contributed by atoms with Crippen LogP contribution < -0.4 is 5.32 Å². The van der Waals surface area contributed by atoms with Crippen molar-refractivity contribution in [3.8, 4) is 5.75 Å². The summed E-state index contributed by atoms with van der Waals surface area (Å²) in [6.45, 7) is 0. The molecule has 0 fully saturated rings. The van der Waals surface area contributed by atoms with Crippen molar-refractivity contribution in [1.82, 2.24) is 4.98 Å². The second-order valence-corrected chi connectivity index (χ2v) is 4.65. The molecule has 0 aliphatic rings. The first-order valence-electron chi connectivity index (χ1n) is 5.47. The third-order valence-electron chi connectivity index (χ3n) is 2.44. The molecule has 20 heavy (non-hydrogen) atoms. The van der Waals surface area contributed by atoms with Crippen molar-refractivity contribution >= 4 is 33.5 Å². The number of amides is 1.